The summed E-state index contributed by atoms with van der Waals surface area (Å²) >= 11 is 0. The zero-order chi connectivity index (χ0) is 19.1. The van der Waals surface area contributed by atoms with E-state index in [0.717, 1.165) is 16.9 Å². The van der Waals surface area contributed by atoms with Crippen LogP contribution in [0.5, 0.6) is 5.75 Å². The Labute approximate surface area is 157 Å². The highest BCUT2D eigenvalue weighted by Gasteiger charge is 2.04. The van der Waals surface area contributed by atoms with Crippen molar-refractivity contribution in [2.75, 3.05) is 5.43 Å². The van der Waals surface area contributed by atoms with Crippen molar-refractivity contribution < 1.29 is 9.66 Å². The molecule has 0 atom stereocenters. The van der Waals surface area contributed by atoms with Gasteiger partial charge in [-0.05, 0) is 36.8 Å². The predicted octanol–water partition coefficient (Wildman–Crippen LogP) is 4.93. The summed E-state index contributed by atoms with van der Waals surface area (Å²) in [5, 5.41) is 14.9. The Kier molecular flexibility index (Phi) is 5.79. The Morgan fingerprint density at radius 1 is 1.04 bits per heavy atom. The van der Waals surface area contributed by atoms with Crippen LogP contribution in [0.1, 0.15) is 16.7 Å². The molecule has 0 fully saturated rings. The number of nitro groups is 1. The minimum Gasteiger partial charge on any atom is -0.488 e. The number of hydrogen-bond donors (Lipinski definition) is 1. The number of rotatable bonds is 7. The van der Waals surface area contributed by atoms with Gasteiger partial charge in [-0.3, -0.25) is 15.5 Å². The topological polar surface area (TPSA) is 76.8 Å². The fourth-order valence-corrected chi connectivity index (χ4v) is 2.40. The fourth-order valence-electron chi connectivity index (χ4n) is 2.40. The van der Waals surface area contributed by atoms with E-state index in [1.54, 1.807) is 18.3 Å². The van der Waals surface area contributed by atoms with E-state index in [1.165, 1.54) is 17.7 Å². The second-order valence-corrected chi connectivity index (χ2v) is 5.99. The Morgan fingerprint density at radius 3 is 2.44 bits per heavy atom. The highest BCUT2D eigenvalue weighted by Crippen LogP contribution is 2.19. The molecular weight excluding hydrogens is 342 g/mol. The Hall–Kier alpha value is -3.67. The highest BCUT2D eigenvalue weighted by atomic mass is 16.6. The number of para-hydroxylation sites is 1. The lowest BCUT2D eigenvalue weighted by Gasteiger charge is -2.09. The maximum Gasteiger partial charge on any atom is 0.269 e. The number of nitro benzene ring substituents is 1. The van der Waals surface area contributed by atoms with Gasteiger partial charge in [0, 0.05) is 17.7 Å². The molecule has 3 aromatic rings. The molecule has 0 heterocycles. The van der Waals surface area contributed by atoms with Crippen molar-refractivity contribution in [3.63, 3.8) is 0 Å². The largest absolute Gasteiger partial charge is 0.488 e. The maximum absolute atomic E-state index is 10.7. The van der Waals surface area contributed by atoms with E-state index in [4.69, 9.17) is 4.74 Å². The van der Waals surface area contributed by atoms with Gasteiger partial charge in [-0.2, -0.15) is 5.10 Å². The zero-order valence-electron chi connectivity index (χ0n) is 14.8. The molecule has 27 heavy (non-hydrogen) atoms. The molecule has 0 amide bonds. The summed E-state index contributed by atoms with van der Waals surface area (Å²) < 4.78 is 5.91. The number of hydrazone groups is 1. The Balaban J connectivity index is 1.63. The molecule has 0 aromatic heterocycles. The number of ether oxygens (including phenoxy) is 1. The summed E-state index contributed by atoms with van der Waals surface area (Å²) in [6, 6.07) is 21.9. The van der Waals surface area contributed by atoms with Crippen molar-refractivity contribution >= 4 is 17.6 Å². The van der Waals surface area contributed by atoms with Crippen molar-refractivity contribution in [1.29, 1.82) is 0 Å². The first kappa shape index (κ1) is 18.1. The molecule has 0 spiro atoms. The molecule has 0 aliphatic rings. The first-order chi connectivity index (χ1) is 13.1. The Bertz CT molecular complexity index is 936. The molecule has 0 unspecified atom stereocenters. The van der Waals surface area contributed by atoms with E-state index < -0.39 is 4.92 Å². The summed E-state index contributed by atoms with van der Waals surface area (Å²) in [6.45, 7) is 2.52. The van der Waals surface area contributed by atoms with Crippen molar-refractivity contribution in [2.24, 2.45) is 5.10 Å². The summed E-state index contributed by atoms with van der Waals surface area (Å²) in [6.07, 6.45) is 1.66. The standard InChI is InChI=1S/C21H19N3O3/c1-16-6-8-17(9-7-16)15-27-21-5-3-2-4-18(21)14-22-23-19-10-12-20(13-11-19)24(25)26/h2-14,23H,15H2,1H3/b22-14+. The average Bonchev–Trinajstić information content (AvgIpc) is 2.69. The van der Waals surface area contributed by atoms with Crippen molar-refractivity contribution in [1.82, 2.24) is 0 Å². The number of anilines is 1. The smallest absolute Gasteiger partial charge is 0.269 e. The third-order valence-electron chi connectivity index (χ3n) is 3.91. The summed E-state index contributed by atoms with van der Waals surface area (Å²) in [7, 11) is 0. The van der Waals surface area contributed by atoms with E-state index in [0.29, 0.717) is 12.3 Å². The molecule has 0 aliphatic heterocycles. The lowest BCUT2D eigenvalue weighted by atomic mass is 10.1. The van der Waals surface area contributed by atoms with Crippen LogP contribution in [0.25, 0.3) is 0 Å². The number of benzene rings is 3. The van der Waals surface area contributed by atoms with Gasteiger partial charge < -0.3 is 4.74 Å². The van der Waals surface area contributed by atoms with Crippen LogP contribution in [0.4, 0.5) is 11.4 Å². The number of hydrogen-bond acceptors (Lipinski definition) is 5. The quantitative estimate of drug-likeness (QED) is 0.368. The van der Waals surface area contributed by atoms with Crippen molar-refractivity contribution in [3.05, 3.63) is 99.6 Å². The van der Waals surface area contributed by atoms with Crippen LogP contribution in [0.2, 0.25) is 0 Å². The lowest BCUT2D eigenvalue weighted by Crippen LogP contribution is -1.99. The van der Waals surface area contributed by atoms with E-state index >= 15 is 0 Å². The molecular formula is C21H19N3O3. The first-order valence-corrected chi connectivity index (χ1v) is 8.43. The van der Waals surface area contributed by atoms with Gasteiger partial charge in [-0.1, -0.05) is 42.0 Å². The van der Waals surface area contributed by atoms with Crippen LogP contribution in [0, 0.1) is 17.0 Å². The van der Waals surface area contributed by atoms with Gasteiger partial charge in [0.05, 0.1) is 16.8 Å². The zero-order valence-corrected chi connectivity index (χ0v) is 14.8. The second kappa shape index (κ2) is 8.62. The number of nitrogens with zero attached hydrogens (tertiary/aromatic N) is 2. The fraction of sp³-hybridized carbons (Fsp3) is 0.0952. The molecule has 6 heteroatoms. The van der Waals surface area contributed by atoms with Crippen LogP contribution in [-0.2, 0) is 6.61 Å². The molecule has 136 valence electrons. The minimum atomic E-state index is -0.436. The molecule has 0 radical (unpaired) electrons. The molecule has 0 saturated heterocycles. The number of nitrogens with one attached hydrogen (secondary N) is 1. The van der Waals surface area contributed by atoms with Crippen LogP contribution in [0.3, 0.4) is 0 Å². The summed E-state index contributed by atoms with van der Waals surface area (Å²) in [4.78, 5) is 10.2. The van der Waals surface area contributed by atoms with Gasteiger partial charge in [0.1, 0.15) is 12.4 Å². The Morgan fingerprint density at radius 2 is 1.74 bits per heavy atom. The maximum atomic E-state index is 10.7. The van der Waals surface area contributed by atoms with E-state index in [1.807, 2.05) is 43.3 Å². The lowest BCUT2D eigenvalue weighted by molar-refractivity contribution is -0.384. The monoisotopic (exact) mass is 361 g/mol. The third-order valence-corrected chi connectivity index (χ3v) is 3.91. The first-order valence-electron chi connectivity index (χ1n) is 8.43. The third kappa shape index (κ3) is 5.15. The number of aryl methyl sites for hydroxylation is 1. The van der Waals surface area contributed by atoms with E-state index in [-0.39, 0.29) is 5.69 Å². The summed E-state index contributed by atoms with van der Waals surface area (Å²) in [5.41, 5.74) is 6.70. The molecule has 0 aliphatic carbocycles. The minimum absolute atomic E-state index is 0.0411. The number of non-ortho nitro benzene ring substituents is 1. The normalized spacial score (nSPS) is 10.7. The second-order valence-electron chi connectivity index (χ2n) is 5.99. The van der Waals surface area contributed by atoms with Crippen LogP contribution in [0.15, 0.2) is 77.9 Å². The molecule has 3 aromatic carbocycles. The van der Waals surface area contributed by atoms with Gasteiger partial charge in [-0.15, -0.1) is 0 Å². The van der Waals surface area contributed by atoms with Gasteiger partial charge in [0.25, 0.3) is 5.69 Å². The van der Waals surface area contributed by atoms with Gasteiger partial charge >= 0.3 is 0 Å². The average molecular weight is 361 g/mol. The van der Waals surface area contributed by atoms with Crippen molar-refractivity contribution in [3.8, 4) is 5.75 Å². The molecule has 3 rings (SSSR count). The SMILES string of the molecule is Cc1ccc(COc2ccccc2/C=N/Nc2ccc([N+](=O)[O-])cc2)cc1. The molecule has 6 nitrogen and oxygen atoms in total. The predicted molar refractivity (Wildman–Crippen MR) is 106 cm³/mol. The molecule has 0 saturated carbocycles. The van der Waals surface area contributed by atoms with Gasteiger partial charge in [0.15, 0.2) is 0 Å². The molecule has 0 bridgehead atoms. The summed E-state index contributed by atoms with van der Waals surface area (Å²) in [5.74, 6) is 0.729. The van der Waals surface area contributed by atoms with Gasteiger partial charge in [0.2, 0.25) is 0 Å². The van der Waals surface area contributed by atoms with Crippen LogP contribution in [-0.4, -0.2) is 11.1 Å². The van der Waals surface area contributed by atoms with Crippen LogP contribution >= 0.6 is 0 Å². The van der Waals surface area contributed by atoms with E-state index in [2.05, 4.69) is 22.7 Å². The van der Waals surface area contributed by atoms with Crippen LogP contribution < -0.4 is 10.2 Å². The van der Waals surface area contributed by atoms with Crippen molar-refractivity contribution in [2.45, 2.75) is 13.5 Å². The molecule has 1 N–H and O–H groups in total. The van der Waals surface area contributed by atoms with Gasteiger partial charge in [-0.25, -0.2) is 0 Å². The highest BCUT2D eigenvalue weighted by molar-refractivity contribution is 5.84. The van der Waals surface area contributed by atoms with E-state index in [9.17, 15) is 10.1 Å².